The third-order valence-electron chi connectivity index (χ3n) is 3.98. The first-order valence-electron chi connectivity index (χ1n) is 8.58. The van der Waals surface area contributed by atoms with Gasteiger partial charge in [-0.25, -0.2) is 14.8 Å². The Hall–Kier alpha value is -3.32. The molecule has 0 radical (unpaired) electrons. The number of hydrogen-bond donors (Lipinski definition) is 1. The van der Waals surface area contributed by atoms with Crippen molar-refractivity contribution in [3.8, 4) is 5.75 Å². The summed E-state index contributed by atoms with van der Waals surface area (Å²) in [6, 6.07) is 18.0. The topological polar surface area (TPSA) is 77.3 Å². The first-order valence-corrected chi connectivity index (χ1v) is 9.81. The first-order chi connectivity index (χ1) is 13.6. The van der Waals surface area contributed by atoms with Crippen LogP contribution in [-0.2, 0) is 0 Å². The van der Waals surface area contributed by atoms with Gasteiger partial charge in [0.25, 0.3) is 0 Å². The Kier molecular flexibility index (Phi) is 4.99. The van der Waals surface area contributed by atoms with Crippen molar-refractivity contribution in [2.45, 2.75) is 12.1 Å². The maximum Gasteiger partial charge on any atom is 0.379 e. The van der Waals surface area contributed by atoms with Gasteiger partial charge in [-0.2, -0.15) is 0 Å². The van der Waals surface area contributed by atoms with Crippen LogP contribution in [0, 0.1) is 6.92 Å². The number of nitrogens with one attached hydrogen (secondary N) is 1. The molecule has 0 fully saturated rings. The molecule has 0 spiro atoms. The molecule has 0 saturated heterocycles. The van der Waals surface area contributed by atoms with E-state index in [1.807, 2.05) is 55.6 Å². The highest BCUT2D eigenvalue weighted by atomic mass is 32.2. The molecule has 0 bridgehead atoms. The van der Waals surface area contributed by atoms with Crippen molar-refractivity contribution >= 4 is 40.2 Å². The smallest absolute Gasteiger partial charge is 0.379 e. The van der Waals surface area contributed by atoms with Gasteiger partial charge in [0.15, 0.2) is 5.16 Å². The van der Waals surface area contributed by atoms with Crippen molar-refractivity contribution in [1.82, 2.24) is 9.97 Å². The number of ether oxygens (including phenoxy) is 1. The Balaban J connectivity index is 1.45. The van der Waals surface area contributed by atoms with E-state index in [4.69, 9.17) is 9.15 Å². The molecular weight excluding hydrogens is 374 g/mol. The molecule has 0 aliphatic rings. The summed E-state index contributed by atoms with van der Waals surface area (Å²) < 4.78 is 10.9. The number of aromatic nitrogens is 2. The van der Waals surface area contributed by atoms with Gasteiger partial charge in [0.05, 0.1) is 0 Å². The Bertz CT molecular complexity index is 1110. The van der Waals surface area contributed by atoms with E-state index in [0.717, 1.165) is 16.8 Å². The van der Waals surface area contributed by atoms with E-state index in [9.17, 15) is 4.79 Å². The zero-order chi connectivity index (χ0) is 19.5. The first kappa shape index (κ1) is 18.1. The second-order valence-corrected chi connectivity index (χ2v) is 6.84. The van der Waals surface area contributed by atoms with Crippen molar-refractivity contribution in [3.05, 3.63) is 72.1 Å². The van der Waals surface area contributed by atoms with Crippen LogP contribution in [0.3, 0.4) is 0 Å². The van der Waals surface area contributed by atoms with Crippen LogP contribution >= 0.6 is 11.8 Å². The number of carbonyl (C=O) groups excluding carboxylic acids is 1. The molecule has 0 aliphatic heterocycles. The highest BCUT2D eigenvalue weighted by molar-refractivity contribution is 7.98. The van der Waals surface area contributed by atoms with E-state index in [0.29, 0.717) is 22.3 Å². The van der Waals surface area contributed by atoms with Gasteiger partial charge in [-0.15, -0.1) is 0 Å². The Morgan fingerprint density at radius 1 is 1.07 bits per heavy atom. The fraction of sp³-hybridized carbons (Fsp3) is 0.0952. The van der Waals surface area contributed by atoms with Crippen molar-refractivity contribution < 1.29 is 13.9 Å². The van der Waals surface area contributed by atoms with Gasteiger partial charge in [0, 0.05) is 22.8 Å². The molecular formula is C21H17N3O3S. The second kappa shape index (κ2) is 7.74. The highest BCUT2D eigenvalue weighted by Gasteiger charge is 2.14. The molecule has 0 unspecified atom stereocenters. The minimum Gasteiger partial charge on any atom is -0.449 e. The molecule has 6 nitrogen and oxygen atoms in total. The van der Waals surface area contributed by atoms with Gasteiger partial charge in [-0.3, -0.25) is 0 Å². The molecule has 7 heteroatoms. The van der Waals surface area contributed by atoms with Gasteiger partial charge in [0.2, 0.25) is 5.76 Å². The molecule has 140 valence electrons. The maximum absolute atomic E-state index is 12.3. The number of carbonyl (C=O) groups is 1. The van der Waals surface area contributed by atoms with E-state index < -0.39 is 5.97 Å². The van der Waals surface area contributed by atoms with E-state index in [1.165, 1.54) is 11.8 Å². The van der Waals surface area contributed by atoms with Crippen LogP contribution in [0.25, 0.3) is 11.0 Å². The van der Waals surface area contributed by atoms with Crippen molar-refractivity contribution in [2.24, 2.45) is 0 Å². The lowest BCUT2D eigenvalue weighted by Gasteiger charge is -2.08. The van der Waals surface area contributed by atoms with E-state index in [-0.39, 0.29) is 5.76 Å². The highest BCUT2D eigenvalue weighted by Crippen LogP contribution is 2.23. The summed E-state index contributed by atoms with van der Waals surface area (Å²) in [5.74, 6) is 0.779. The van der Waals surface area contributed by atoms with Crippen LogP contribution in [0.2, 0.25) is 0 Å². The molecule has 4 rings (SSSR count). The summed E-state index contributed by atoms with van der Waals surface area (Å²) >= 11 is 1.49. The number of fused-ring (bicyclic) bond motifs is 1. The molecule has 2 aromatic heterocycles. The number of furan rings is 1. The number of anilines is 2. The van der Waals surface area contributed by atoms with Crippen molar-refractivity contribution in [2.75, 3.05) is 11.6 Å². The number of rotatable bonds is 5. The van der Waals surface area contributed by atoms with Gasteiger partial charge < -0.3 is 14.5 Å². The minimum absolute atomic E-state index is 0.171. The lowest BCUT2D eigenvalue weighted by Crippen LogP contribution is -2.07. The molecule has 2 heterocycles. The number of para-hydroxylation sites is 1. The number of esters is 1. The largest absolute Gasteiger partial charge is 0.449 e. The van der Waals surface area contributed by atoms with Crippen LogP contribution in [0.5, 0.6) is 5.75 Å². The van der Waals surface area contributed by atoms with Crippen molar-refractivity contribution in [3.63, 3.8) is 0 Å². The minimum atomic E-state index is -0.534. The number of nitrogens with zero attached hydrogens (tertiary/aromatic N) is 2. The van der Waals surface area contributed by atoms with Gasteiger partial charge in [-0.1, -0.05) is 30.0 Å². The zero-order valence-electron chi connectivity index (χ0n) is 15.3. The third kappa shape index (κ3) is 3.99. The summed E-state index contributed by atoms with van der Waals surface area (Å²) in [6.45, 7) is 1.92. The number of aryl methyl sites for hydroxylation is 1. The fourth-order valence-corrected chi connectivity index (χ4v) is 3.12. The normalized spacial score (nSPS) is 10.8. The SMILES string of the molecule is CSc1nc(C)cc(Nc2ccc(OC(=O)c3cc4ccccc4o3)cc2)n1. The van der Waals surface area contributed by atoms with Crippen LogP contribution in [0.15, 0.2) is 70.2 Å². The Morgan fingerprint density at radius 3 is 2.61 bits per heavy atom. The van der Waals surface area contributed by atoms with E-state index in [1.54, 1.807) is 18.2 Å². The summed E-state index contributed by atoms with van der Waals surface area (Å²) in [7, 11) is 0. The molecule has 1 N–H and O–H groups in total. The number of hydrogen-bond acceptors (Lipinski definition) is 7. The predicted molar refractivity (Wildman–Crippen MR) is 109 cm³/mol. The van der Waals surface area contributed by atoms with Crippen LogP contribution in [0.4, 0.5) is 11.5 Å². The van der Waals surface area contributed by atoms with E-state index in [2.05, 4.69) is 15.3 Å². The monoisotopic (exact) mass is 391 g/mol. The summed E-state index contributed by atoms with van der Waals surface area (Å²) in [5, 5.41) is 4.79. The lowest BCUT2D eigenvalue weighted by atomic mass is 10.2. The van der Waals surface area contributed by atoms with Gasteiger partial charge in [-0.05, 0) is 49.6 Å². The average molecular weight is 391 g/mol. The Labute approximate surface area is 166 Å². The standard InChI is InChI=1S/C21H17N3O3S/c1-13-11-19(24-21(22-13)28-2)23-15-7-9-16(10-8-15)26-20(25)18-12-14-5-3-4-6-17(14)27-18/h3-12H,1-2H3,(H,22,23,24). The average Bonchev–Trinajstić information content (AvgIpc) is 3.13. The third-order valence-corrected chi connectivity index (χ3v) is 4.53. The molecule has 28 heavy (non-hydrogen) atoms. The molecule has 0 amide bonds. The molecule has 0 aliphatic carbocycles. The molecule has 4 aromatic rings. The maximum atomic E-state index is 12.3. The summed E-state index contributed by atoms with van der Waals surface area (Å²) in [4.78, 5) is 21.1. The summed E-state index contributed by atoms with van der Waals surface area (Å²) in [6.07, 6.45) is 1.93. The molecule has 0 atom stereocenters. The molecule has 0 saturated carbocycles. The summed E-state index contributed by atoms with van der Waals surface area (Å²) in [5.41, 5.74) is 2.37. The number of benzene rings is 2. The van der Waals surface area contributed by atoms with E-state index >= 15 is 0 Å². The van der Waals surface area contributed by atoms with Crippen LogP contribution in [-0.4, -0.2) is 22.2 Å². The van der Waals surface area contributed by atoms with Gasteiger partial charge in [0.1, 0.15) is 17.2 Å². The quantitative estimate of drug-likeness (QED) is 0.216. The predicted octanol–water partition coefficient (Wildman–Crippen LogP) is 5.22. The second-order valence-electron chi connectivity index (χ2n) is 6.07. The number of thioether (sulfide) groups is 1. The Morgan fingerprint density at radius 2 is 1.86 bits per heavy atom. The fourth-order valence-electron chi connectivity index (χ4n) is 2.69. The van der Waals surface area contributed by atoms with Crippen LogP contribution in [0.1, 0.15) is 16.2 Å². The van der Waals surface area contributed by atoms with Crippen LogP contribution < -0.4 is 10.1 Å². The molecule has 2 aromatic carbocycles. The zero-order valence-corrected chi connectivity index (χ0v) is 16.1. The van der Waals surface area contributed by atoms with Gasteiger partial charge >= 0.3 is 5.97 Å². The lowest BCUT2D eigenvalue weighted by molar-refractivity contribution is 0.0704. The van der Waals surface area contributed by atoms with Crippen molar-refractivity contribution in [1.29, 1.82) is 0 Å².